The lowest BCUT2D eigenvalue weighted by Gasteiger charge is -2.11. The summed E-state index contributed by atoms with van der Waals surface area (Å²) in [5.41, 5.74) is 6.08. The molecule has 3 aromatic carbocycles. The van der Waals surface area contributed by atoms with E-state index in [1.54, 1.807) is 0 Å². The fourth-order valence-electron chi connectivity index (χ4n) is 2.73. The van der Waals surface area contributed by atoms with E-state index < -0.39 is 0 Å². The maximum Gasteiger partial charge on any atom is 0.0361 e. The van der Waals surface area contributed by atoms with E-state index in [4.69, 9.17) is 0 Å². The number of nitrogens with zero attached hydrogens (tertiary/aromatic N) is 1. The van der Waals surface area contributed by atoms with Crippen LogP contribution in [0.3, 0.4) is 0 Å². The van der Waals surface area contributed by atoms with Crippen molar-refractivity contribution in [2.45, 2.75) is 0 Å². The first-order chi connectivity index (χ1) is 12.2. The van der Waals surface area contributed by atoms with Crippen LogP contribution >= 0.6 is 0 Å². The van der Waals surface area contributed by atoms with Crippen molar-refractivity contribution in [3.8, 4) is 0 Å². The normalized spacial score (nSPS) is 10.6. The van der Waals surface area contributed by atoms with Gasteiger partial charge in [0.1, 0.15) is 0 Å². The topological polar surface area (TPSA) is 3.24 Å². The summed E-state index contributed by atoms with van der Waals surface area (Å²) in [7, 11) is 4.11. The molecule has 0 aliphatic rings. The zero-order valence-corrected chi connectivity index (χ0v) is 14.8. The smallest absolute Gasteiger partial charge is 0.0361 e. The highest BCUT2D eigenvalue weighted by atomic mass is 15.1. The Kier molecular flexibility index (Phi) is 5.48. The van der Waals surface area contributed by atoms with Crippen molar-refractivity contribution in [3.63, 3.8) is 0 Å². The molecule has 0 saturated heterocycles. The molecule has 25 heavy (non-hydrogen) atoms. The third kappa shape index (κ3) is 4.48. The molecule has 124 valence electrons. The lowest BCUT2D eigenvalue weighted by atomic mass is 9.97. The van der Waals surface area contributed by atoms with Crippen LogP contribution in [0, 0.1) is 0 Å². The van der Waals surface area contributed by atoms with E-state index in [-0.39, 0.29) is 0 Å². The van der Waals surface area contributed by atoms with E-state index in [0.29, 0.717) is 0 Å². The standard InChI is InChI=1S/C24H23N/c1-25(2)23-18-16-20(17-19-23)10-9-15-24(21-11-5-3-6-12-21)22-13-7-4-8-14-22/h3-19H,1-2H3. The molecule has 0 aromatic heterocycles. The molecule has 0 N–H and O–H groups in total. The molecule has 0 spiro atoms. The maximum absolute atomic E-state index is 2.19. The zero-order chi connectivity index (χ0) is 17.5. The number of hydrogen-bond donors (Lipinski definition) is 0. The molecule has 0 atom stereocenters. The predicted octanol–water partition coefficient (Wildman–Crippen LogP) is 5.90. The molecule has 0 aliphatic carbocycles. The van der Waals surface area contributed by atoms with Crippen molar-refractivity contribution in [1.29, 1.82) is 0 Å². The zero-order valence-electron chi connectivity index (χ0n) is 14.8. The van der Waals surface area contributed by atoms with E-state index in [1.807, 2.05) is 12.1 Å². The molecule has 0 unspecified atom stereocenters. The van der Waals surface area contributed by atoms with E-state index in [1.165, 1.54) is 28.0 Å². The average molecular weight is 325 g/mol. The molecule has 0 aliphatic heterocycles. The monoisotopic (exact) mass is 325 g/mol. The Balaban J connectivity index is 1.88. The molecule has 0 fully saturated rings. The van der Waals surface area contributed by atoms with Gasteiger partial charge in [-0.1, -0.05) is 91.0 Å². The van der Waals surface area contributed by atoms with Gasteiger partial charge in [-0.05, 0) is 34.4 Å². The number of anilines is 1. The van der Waals surface area contributed by atoms with Gasteiger partial charge in [0.2, 0.25) is 0 Å². The molecule has 3 rings (SSSR count). The second kappa shape index (κ2) is 8.16. The molecular formula is C24H23N. The highest BCUT2D eigenvalue weighted by Gasteiger charge is 2.02. The predicted molar refractivity (Wildman–Crippen MR) is 110 cm³/mol. The second-order valence-corrected chi connectivity index (χ2v) is 6.16. The molecule has 0 heterocycles. The first kappa shape index (κ1) is 16.8. The highest BCUT2D eigenvalue weighted by molar-refractivity contribution is 5.81. The minimum Gasteiger partial charge on any atom is -0.378 e. The van der Waals surface area contributed by atoms with Crippen LogP contribution in [-0.2, 0) is 0 Å². The molecule has 0 saturated carbocycles. The quantitative estimate of drug-likeness (QED) is 0.528. The molecule has 0 radical (unpaired) electrons. The highest BCUT2D eigenvalue weighted by Crippen LogP contribution is 2.23. The minimum absolute atomic E-state index is 1.20. The SMILES string of the molecule is CN(C)c1ccc(C=CC=C(c2ccccc2)c2ccccc2)cc1. The molecule has 0 bridgehead atoms. The van der Waals surface area contributed by atoms with Crippen LogP contribution in [0.25, 0.3) is 11.6 Å². The Morgan fingerprint density at radius 1 is 0.680 bits per heavy atom. The summed E-state index contributed by atoms with van der Waals surface area (Å²) in [6.45, 7) is 0. The van der Waals surface area contributed by atoms with Crippen molar-refractivity contribution in [3.05, 3.63) is 114 Å². The molecule has 0 amide bonds. The van der Waals surface area contributed by atoms with Crippen LogP contribution < -0.4 is 4.90 Å². The van der Waals surface area contributed by atoms with Crippen LogP contribution in [0.5, 0.6) is 0 Å². The van der Waals surface area contributed by atoms with Crippen LogP contribution in [0.1, 0.15) is 16.7 Å². The largest absolute Gasteiger partial charge is 0.378 e. The Morgan fingerprint density at radius 3 is 1.68 bits per heavy atom. The Bertz CT molecular complexity index is 800. The van der Waals surface area contributed by atoms with Gasteiger partial charge in [-0.3, -0.25) is 0 Å². The fourth-order valence-corrected chi connectivity index (χ4v) is 2.73. The lowest BCUT2D eigenvalue weighted by molar-refractivity contribution is 1.13. The fraction of sp³-hybridized carbons (Fsp3) is 0.0833. The molecular weight excluding hydrogens is 302 g/mol. The molecule has 3 aromatic rings. The maximum atomic E-state index is 2.19. The van der Waals surface area contributed by atoms with Crippen molar-refractivity contribution in [1.82, 2.24) is 0 Å². The second-order valence-electron chi connectivity index (χ2n) is 6.16. The van der Waals surface area contributed by atoms with E-state index in [2.05, 4.69) is 110 Å². The van der Waals surface area contributed by atoms with Gasteiger partial charge in [-0.25, -0.2) is 0 Å². The van der Waals surface area contributed by atoms with Gasteiger partial charge >= 0.3 is 0 Å². The average Bonchev–Trinajstić information content (AvgIpc) is 2.67. The van der Waals surface area contributed by atoms with Gasteiger partial charge < -0.3 is 4.90 Å². The Labute approximate surface area is 150 Å². The number of hydrogen-bond acceptors (Lipinski definition) is 1. The lowest BCUT2D eigenvalue weighted by Crippen LogP contribution is -2.07. The van der Waals surface area contributed by atoms with E-state index >= 15 is 0 Å². The summed E-state index contributed by atoms with van der Waals surface area (Å²) >= 11 is 0. The van der Waals surface area contributed by atoms with Gasteiger partial charge in [-0.2, -0.15) is 0 Å². The van der Waals surface area contributed by atoms with E-state index in [9.17, 15) is 0 Å². The molecule has 1 heteroatoms. The van der Waals surface area contributed by atoms with Crippen LogP contribution in [-0.4, -0.2) is 14.1 Å². The Hall–Kier alpha value is -3.06. The minimum atomic E-state index is 1.20. The van der Waals surface area contributed by atoms with Crippen molar-refractivity contribution < 1.29 is 0 Å². The summed E-state index contributed by atoms with van der Waals surface area (Å²) in [5, 5.41) is 0. The van der Waals surface area contributed by atoms with Crippen molar-refractivity contribution in [2.24, 2.45) is 0 Å². The summed E-state index contributed by atoms with van der Waals surface area (Å²) < 4.78 is 0. The Morgan fingerprint density at radius 2 is 1.20 bits per heavy atom. The van der Waals surface area contributed by atoms with Gasteiger partial charge in [0, 0.05) is 19.8 Å². The van der Waals surface area contributed by atoms with Crippen LogP contribution in [0.4, 0.5) is 5.69 Å². The van der Waals surface area contributed by atoms with Gasteiger partial charge in [0.15, 0.2) is 0 Å². The van der Waals surface area contributed by atoms with Gasteiger partial charge in [-0.15, -0.1) is 0 Å². The van der Waals surface area contributed by atoms with Crippen molar-refractivity contribution in [2.75, 3.05) is 19.0 Å². The van der Waals surface area contributed by atoms with Gasteiger partial charge in [0.05, 0.1) is 0 Å². The van der Waals surface area contributed by atoms with Crippen LogP contribution in [0.15, 0.2) is 97.1 Å². The first-order valence-corrected chi connectivity index (χ1v) is 8.50. The third-order valence-electron chi connectivity index (χ3n) is 4.13. The van der Waals surface area contributed by atoms with Crippen LogP contribution in [0.2, 0.25) is 0 Å². The summed E-state index contributed by atoms with van der Waals surface area (Å²) in [6.07, 6.45) is 6.45. The number of benzene rings is 3. The summed E-state index contributed by atoms with van der Waals surface area (Å²) in [5.74, 6) is 0. The number of allylic oxidation sites excluding steroid dienone is 2. The first-order valence-electron chi connectivity index (χ1n) is 8.50. The van der Waals surface area contributed by atoms with Crippen molar-refractivity contribution >= 4 is 17.3 Å². The van der Waals surface area contributed by atoms with Gasteiger partial charge in [0.25, 0.3) is 0 Å². The molecule has 1 nitrogen and oxygen atoms in total. The third-order valence-corrected chi connectivity index (χ3v) is 4.13. The summed E-state index contributed by atoms with van der Waals surface area (Å²) in [4.78, 5) is 2.11. The summed E-state index contributed by atoms with van der Waals surface area (Å²) in [6, 6.07) is 29.6. The number of rotatable bonds is 5. The van der Waals surface area contributed by atoms with E-state index in [0.717, 1.165) is 0 Å².